The lowest BCUT2D eigenvalue weighted by Crippen LogP contribution is -1.86. The Labute approximate surface area is 147 Å². The van der Waals surface area contributed by atoms with Gasteiger partial charge in [0, 0.05) is 21.8 Å². The van der Waals surface area contributed by atoms with Crippen LogP contribution in [0.2, 0.25) is 0 Å². The summed E-state index contributed by atoms with van der Waals surface area (Å²) in [7, 11) is 0. The fourth-order valence-corrected chi connectivity index (χ4v) is 4.07. The van der Waals surface area contributed by atoms with E-state index in [-0.39, 0.29) is 0 Å². The topological polar surface area (TPSA) is 15.8 Å². The largest absolute Gasteiger partial charge is 0.354 e. The maximum absolute atomic E-state index is 3.70. The molecule has 5 aromatic rings. The minimum absolute atomic E-state index is 1.14. The number of hydrogen-bond donors (Lipinski definition) is 1. The Hall–Kier alpha value is -2.80. The van der Waals surface area contributed by atoms with Crippen LogP contribution in [0, 0.1) is 0 Å². The molecule has 0 aliphatic rings. The first kappa shape index (κ1) is 14.5. The zero-order valence-electron chi connectivity index (χ0n) is 14.5. The van der Waals surface area contributed by atoms with Crippen molar-refractivity contribution in [2.45, 2.75) is 26.2 Å². The van der Waals surface area contributed by atoms with Gasteiger partial charge in [-0.1, -0.05) is 61.9 Å². The highest BCUT2D eigenvalue weighted by molar-refractivity contribution is 6.22. The number of aryl methyl sites for hydroxylation is 1. The van der Waals surface area contributed by atoms with Crippen molar-refractivity contribution in [1.82, 2.24) is 4.98 Å². The van der Waals surface area contributed by atoms with Crippen LogP contribution in [0.4, 0.5) is 0 Å². The number of unbranched alkanes of at least 4 members (excludes halogenated alkanes) is 1. The molecular weight excluding hydrogens is 302 g/mol. The highest BCUT2D eigenvalue weighted by Crippen LogP contribution is 2.35. The van der Waals surface area contributed by atoms with Gasteiger partial charge in [0.15, 0.2) is 0 Å². The molecule has 1 heterocycles. The fraction of sp³-hybridized carbons (Fsp3) is 0.167. The van der Waals surface area contributed by atoms with Gasteiger partial charge in [-0.15, -0.1) is 0 Å². The van der Waals surface area contributed by atoms with Crippen molar-refractivity contribution in [3.8, 4) is 0 Å². The normalized spacial score (nSPS) is 11.9. The van der Waals surface area contributed by atoms with Crippen molar-refractivity contribution >= 4 is 43.4 Å². The SMILES string of the molecule is CCCCc1cccc2c1[nH]c1ccc3cc4ccccc4cc3c12. The Balaban J connectivity index is 1.89. The van der Waals surface area contributed by atoms with E-state index in [0.717, 1.165) is 6.42 Å². The second-order valence-electron chi connectivity index (χ2n) is 6.98. The van der Waals surface area contributed by atoms with E-state index >= 15 is 0 Å². The van der Waals surface area contributed by atoms with Gasteiger partial charge in [0.25, 0.3) is 0 Å². The van der Waals surface area contributed by atoms with Crippen LogP contribution in [0.15, 0.2) is 66.7 Å². The number of benzene rings is 4. The van der Waals surface area contributed by atoms with Crippen LogP contribution in [0.5, 0.6) is 0 Å². The fourth-order valence-electron chi connectivity index (χ4n) is 4.07. The molecule has 0 amide bonds. The Bertz CT molecular complexity index is 1230. The molecule has 0 atom stereocenters. The minimum Gasteiger partial charge on any atom is -0.354 e. The summed E-state index contributed by atoms with van der Waals surface area (Å²) >= 11 is 0. The van der Waals surface area contributed by atoms with Gasteiger partial charge in [0.1, 0.15) is 0 Å². The summed E-state index contributed by atoms with van der Waals surface area (Å²) in [5.74, 6) is 0. The number of aromatic nitrogens is 1. The molecule has 0 radical (unpaired) electrons. The van der Waals surface area contributed by atoms with Crippen molar-refractivity contribution < 1.29 is 0 Å². The lowest BCUT2D eigenvalue weighted by atomic mass is 9.98. The summed E-state index contributed by atoms with van der Waals surface area (Å²) in [6.45, 7) is 2.25. The molecule has 0 aliphatic heterocycles. The average Bonchev–Trinajstić information content (AvgIpc) is 3.04. The van der Waals surface area contributed by atoms with Crippen molar-refractivity contribution in [1.29, 1.82) is 0 Å². The Morgan fingerprint density at radius 1 is 0.760 bits per heavy atom. The van der Waals surface area contributed by atoms with Crippen molar-refractivity contribution in [2.75, 3.05) is 0 Å². The smallest absolute Gasteiger partial charge is 0.0497 e. The third kappa shape index (κ3) is 2.23. The number of rotatable bonds is 3. The number of aromatic amines is 1. The number of fused-ring (bicyclic) bond motifs is 6. The first-order valence-electron chi connectivity index (χ1n) is 9.20. The maximum Gasteiger partial charge on any atom is 0.0497 e. The van der Waals surface area contributed by atoms with E-state index in [2.05, 4.69) is 78.6 Å². The van der Waals surface area contributed by atoms with E-state index in [1.54, 1.807) is 0 Å². The van der Waals surface area contributed by atoms with Gasteiger partial charge >= 0.3 is 0 Å². The van der Waals surface area contributed by atoms with Gasteiger partial charge in [0.2, 0.25) is 0 Å². The summed E-state index contributed by atoms with van der Waals surface area (Å²) in [4.78, 5) is 3.70. The van der Waals surface area contributed by atoms with E-state index < -0.39 is 0 Å². The standard InChI is InChI=1S/C24H21N/c1-2-3-7-16-10-6-11-20-23-21-15-18-9-5-4-8-17(18)14-19(21)12-13-22(23)25-24(16)20/h4-6,8-15,25H,2-3,7H2,1H3. The van der Waals surface area contributed by atoms with E-state index in [1.807, 2.05) is 0 Å². The van der Waals surface area contributed by atoms with Gasteiger partial charge in [-0.25, -0.2) is 0 Å². The molecule has 1 heteroatoms. The van der Waals surface area contributed by atoms with Crippen LogP contribution in [-0.2, 0) is 6.42 Å². The van der Waals surface area contributed by atoms with Gasteiger partial charge in [-0.3, -0.25) is 0 Å². The van der Waals surface area contributed by atoms with Gasteiger partial charge in [0.05, 0.1) is 0 Å². The first-order chi connectivity index (χ1) is 12.3. The number of para-hydroxylation sites is 1. The monoisotopic (exact) mass is 323 g/mol. The predicted octanol–water partition coefficient (Wildman–Crippen LogP) is 6.97. The maximum atomic E-state index is 3.70. The Morgan fingerprint density at radius 3 is 2.44 bits per heavy atom. The molecule has 5 rings (SSSR count). The highest BCUT2D eigenvalue weighted by atomic mass is 14.7. The van der Waals surface area contributed by atoms with E-state index in [4.69, 9.17) is 0 Å². The highest BCUT2D eigenvalue weighted by Gasteiger charge is 2.11. The first-order valence-corrected chi connectivity index (χ1v) is 9.20. The van der Waals surface area contributed by atoms with Crippen LogP contribution >= 0.6 is 0 Å². The molecule has 0 spiro atoms. The van der Waals surface area contributed by atoms with Gasteiger partial charge in [-0.2, -0.15) is 0 Å². The summed E-state index contributed by atoms with van der Waals surface area (Å²) in [5, 5.41) is 7.97. The molecule has 25 heavy (non-hydrogen) atoms. The summed E-state index contributed by atoms with van der Waals surface area (Å²) in [6, 6.07) is 24.5. The number of H-pyrrole nitrogens is 1. The Morgan fingerprint density at radius 2 is 1.60 bits per heavy atom. The van der Waals surface area contributed by atoms with Crippen LogP contribution in [-0.4, -0.2) is 4.98 Å². The third-order valence-electron chi connectivity index (χ3n) is 5.37. The number of hydrogen-bond acceptors (Lipinski definition) is 0. The zero-order chi connectivity index (χ0) is 16.8. The lowest BCUT2D eigenvalue weighted by Gasteiger charge is -2.05. The molecule has 0 saturated heterocycles. The molecule has 0 saturated carbocycles. The van der Waals surface area contributed by atoms with E-state index in [1.165, 1.54) is 61.8 Å². The van der Waals surface area contributed by atoms with E-state index in [0.29, 0.717) is 0 Å². The van der Waals surface area contributed by atoms with Crippen LogP contribution in [0.1, 0.15) is 25.3 Å². The molecule has 0 bridgehead atoms. The molecule has 1 N–H and O–H groups in total. The van der Waals surface area contributed by atoms with E-state index in [9.17, 15) is 0 Å². The molecular formula is C24H21N. The summed E-state index contributed by atoms with van der Waals surface area (Å²) in [5.41, 5.74) is 3.98. The molecule has 0 aliphatic carbocycles. The van der Waals surface area contributed by atoms with Crippen molar-refractivity contribution in [2.24, 2.45) is 0 Å². The quantitative estimate of drug-likeness (QED) is 0.345. The molecule has 4 aromatic carbocycles. The number of nitrogens with one attached hydrogen (secondary N) is 1. The lowest BCUT2D eigenvalue weighted by molar-refractivity contribution is 0.798. The van der Waals surface area contributed by atoms with Crippen LogP contribution < -0.4 is 0 Å². The molecule has 0 fully saturated rings. The van der Waals surface area contributed by atoms with Gasteiger partial charge < -0.3 is 4.98 Å². The zero-order valence-corrected chi connectivity index (χ0v) is 14.5. The van der Waals surface area contributed by atoms with Crippen molar-refractivity contribution in [3.63, 3.8) is 0 Å². The predicted molar refractivity (Wildman–Crippen MR) is 109 cm³/mol. The summed E-state index contributed by atoms with van der Waals surface area (Å²) < 4.78 is 0. The molecule has 1 aromatic heterocycles. The second-order valence-corrected chi connectivity index (χ2v) is 6.98. The van der Waals surface area contributed by atoms with Crippen LogP contribution in [0.3, 0.4) is 0 Å². The second kappa shape index (κ2) is 5.63. The molecule has 122 valence electrons. The third-order valence-corrected chi connectivity index (χ3v) is 5.37. The van der Waals surface area contributed by atoms with Crippen LogP contribution in [0.25, 0.3) is 43.4 Å². The Kier molecular flexibility index (Phi) is 3.27. The molecule has 1 nitrogen and oxygen atoms in total. The minimum atomic E-state index is 1.14. The summed E-state index contributed by atoms with van der Waals surface area (Å²) in [6.07, 6.45) is 3.60. The average molecular weight is 323 g/mol. The van der Waals surface area contributed by atoms with Crippen molar-refractivity contribution in [3.05, 3.63) is 72.3 Å². The molecule has 0 unspecified atom stereocenters. The van der Waals surface area contributed by atoms with Gasteiger partial charge in [-0.05, 0) is 58.1 Å².